The van der Waals surface area contributed by atoms with E-state index in [1.807, 2.05) is 13.0 Å². The number of esters is 1. The Morgan fingerprint density at radius 1 is 1.11 bits per heavy atom. The number of nitrogens with zero attached hydrogens (tertiary/aromatic N) is 1. The second-order valence-electron chi connectivity index (χ2n) is 8.10. The highest BCUT2D eigenvalue weighted by Gasteiger charge is 2.23. The topological polar surface area (TPSA) is 147 Å². The molecule has 3 aromatic carbocycles. The number of aromatic nitrogens is 2. The Kier molecular flexibility index (Phi) is 7.25. The molecule has 1 atom stereocenters. The fourth-order valence-electron chi connectivity index (χ4n) is 3.69. The SMILES string of the molecule is COC(=O)[C@H](Cc1ccc(O)cc1)NC(=O)c1ccc(Sc2c(C)ccc3nc(N)[nH]c(=O)c23)cc1. The standard InChI is InChI=1S/C26H24N4O5S/c1-14-3-12-19-21(24(33)30-26(27)29-19)22(14)36-18-10-6-16(7-11-18)23(32)28-20(25(34)35-2)13-15-4-8-17(31)9-5-15/h3-12,20,31H,13H2,1-2H3,(H,28,32)(H3,27,29,30,33)/t20-/m0/s1. The van der Waals surface area contributed by atoms with Gasteiger partial charge in [0.25, 0.3) is 11.5 Å². The molecule has 0 saturated heterocycles. The molecule has 1 amide bonds. The highest BCUT2D eigenvalue weighted by molar-refractivity contribution is 7.99. The first-order valence-corrected chi connectivity index (χ1v) is 11.8. The van der Waals surface area contributed by atoms with Crippen LogP contribution in [0, 0.1) is 6.92 Å². The lowest BCUT2D eigenvalue weighted by atomic mass is 10.1. The number of phenolic OH excluding ortho intramolecular Hbond substituents is 1. The number of H-pyrrole nitrogens is 1. The van der Waals surface area contributed by atoms with Crippen LogP contribution in [0.2, 0.25) is 0 Å². The Balaban J connectivity index is 1.52. The minimum atomic E-state index is -0.897. The molecule has 0 aliphatic rings. The predicted molar refractivity (Wildman–Crippen MR) is 137 cm³/mol. The maximum absolute atomic E-state index is 12.9. The smallest absolute Gasteiger partial charge is 0.328 e. The van der Waals surface area contributed by atoms with E-state index in [9.17, 15) is 19.5 Å². The maximum Gasteiger partial charge on any atom is 0.328 e. The average Bonchev–Trinajstić information content (AvgIpc) is 2.86. The molecular weight excluding hydrogens is 480 g/mol. The quantitative estimate of drug-likeness (QED) is 0.281. The summed E-state index contributed by atoms with van der Waals surface area (Å²) in [6.07, 6.45) is 0.208. The van der Waals surface area contributed by atoms with E-state index in [1.54, 1.807) is 42.5 Å². The Hall–Kier alpha value is -4.31. The number of nitrogen functional groups attached to an aromatic ring is 1. The molecule has 0 radical (unpaired) electrons. The van der Waals surface area contributed by atoms with Crippen LogP contribution in [0.3, 0.4) is 0 Å². The third-order valence-corrected chi connectivity index (χ3v) is 6.78. The third-order valence-electron chi connectivity index (χ3n) is 5.55. The van der Waals surface area contributed by atoms with Crippen LogP contribution in [0.4, 0.5) is 5.95 Å². The van der Waals surface area contributed by atoms with Crippen molar-refractivity contribution in [3.05, 3.63) is 87.7 Å². The molecule has 184 valence electrons. The van der Waals surface area contributed by atoms with E-state index in [-0.39, 0.29) is 23.7 Å². The van der Waals surface area contributed by atoms with Gasteiger partial charge in [-0.15, -0.1) is 0 Å². The summed E-state index contributed by atoms with van der Waals surface area (Å²) >= 11 is 1.38. The first-order chi connectivity index (χ1) is 17.2. The molecule has 0 aliphatic carbocycles. The summed E-state index contributed by atoms with van der Waals surface area (Å²) in [4.78, 5) is 46.0. The molecule has 0 spiro atoms. The second kappa shape index (κ2) is 10.5. The van der Waals surface area contributed by atoms with Crippen LogP contribution in [0.5, 0.6) is 5.75 Å². The zero-order chi connectivity index (χ0) is 25.8. The zero-order valence-corrected chi connectivity index (χ0v) is 20.4. The third kappa shape index (κ3) is 5.49. The summed E-state index contributed by atoms with van der Waals surface area (Å²) in [5.74, 6) is -0.843. The number of amides is 1. The van der Waals surface area contributed by atoms with Gasteiger partial charge in [0.1, 0.15) is 11.8 Å². The van der Waals surface area contributed by atoms with Gasteiger partial charge in [-0.2, -0.15) is 0 Å². The molecule has 4 rings (SSSR count). The van der Waals surface area contributed by atoms with E-state index in [1.165, 1.54) is 31.0 Å². The van der Waals surface area contributed by atoms with Gasteiger partial charge in [0.15, 0.2) is 0 Å². The summed E-state index contributed by atoms with van der Waals surface area (Å²) in [6, 6.07) is 15.9. The van der Waals surface area contributed by atoms with Gasteiger partial charge in [-0.05, 0) is 60.5 Å². The molecule has 0 fully saturated rings. The lowest BCUT2D eigenvalue weighted by molar-refractivity contribution is -0.142. The molecule has 4 aromatic rings. The fraction of sp³-hybridized carbons (Fsp3) is 0.154. The summed E-state index contributed by atoms with van der Waals surface area (Å²) < 4.78 is 4.85. The Bertz CT molecular complexity index is 1480. The first-order valence-electron chi connectivity index (χ1n) is 11.0. The summed E-state index contributed by atoms with van der Waals surface area (Å²) in [5.41, 5.74) is 7.88. The molecule has 1 aromatic heterocycles. The Morgan fingerprint density at radius 2 is 1.81 bits per heavy atom. The van der Waals surface area contributed by atoms with Crippen LogP contribution in [0.15, 0.2) is 75.2 Å². The van der Waals surface area contributed by atoms with Gasteiger partial charge in [-0.1, -0.05) is 30.0 Å². The summed E-state index contributed by atoms with van der Waals surface area (Å²) in [5, 5.41) is 12.6. The highest BCUT2D eigenvalue weighted by Crippen LogP contribution is 2.34. The van der Waals surface area contributed by atoms with Crippen molar-refractivity contribution >= 4 is 40.5 Å². The number of fused-ring (bicyclic) bond motifs is 1. The van der Waals surface area contributed by atoms with Gasteiger partial charge in [0.05, 0.1) is 18.0 Å². The van der Waals surface area contributed by atoms with Crippen LogP contribution in [0.25, 0.3) is 10.9 Å². The minimum Gasteiger partial charge on any atom is -0.508 e. The normalized spacial score (nSPS) is 11.7. The lowest BCUT2D eigenvalue weighted by Gasteiger charge is -2.17. The van der Waals surface area contributed by atoms with Gasteiger partial charge in [-0.25, -0.2) is 9.78 Å². The molecule has 0 saturated carbocycles. The molecule has 0 bridgehead atoms. The van der Waals surface area contributed by atoms with E-state index < -0.39 is 17.9 Å². The van der Waals surface area contributed by atoms with Crippen molar-refractivity contribution < 1.29 is 19.4 Å². The molecular formula is C26H24N4O5S. The monoisotopic (exact) mass is 504 g/mol. The number of anilines is 1. The average molecular weight is 505 g/mol. The van der Waals surface area contributed by atoms with Crippen LogP contribution in [0.1, 0.15) is 21.5 Å². The number of hydrogen-bond donors (Lipinski definition) is 4. The zero-order valence-electron chi connectivity index (χ0n) is 19.6. The van der Waals surface area contributed by atoms with Gasteiger partial charge in [0, 0.05) is 21.8 Å². The van der Waals surface area contributed by atoms with Crippen molar-refractivity contribution in [2.45, 2.75) is 29.2 Å². The number of carbonyl (C=O) groups excluding carboxylic acids is 2. The van der Waals surface area contributed by atoms with E-state index in [0.717, 1.165) is 20.9 Å². The number of nitrogens with one attached hydrogen (secondary N) is 2. The molecule has 1 heterocycles. The second-order valence-corrected chi connectivity index (χ2v) is 9.19. The number of hydrogen-bond acceptors (Lipinski definition) is 8. The molecule has 36 heavy (non-hydrogen) atoms. The Morgan fingerprint density at radius 3 is 2.47 bits per heavy atom. The predicted octanol–water partition coefficient (Wildman–Crippen LogP) is 3.18. The van der Waals surface area contributed by atoms with E-state index in [0.29, 0.717) is 16.5 Å². The number of methoxy groups -OCH3 is 1. The fourth-order valence-corrected chi connectivity index (χ4v) is 4.73. The molecule has 9 nitrogen and oxygen atoms in total. The number of ether oxygens (including phenoxy) is 1. The van der Waals surface area contributed by atoms with Crippen molar-refractivity contribution in [3.8, 4) is 5.75 Å². The minimum absolute atomic E-state index is 0.0540. The van der Waals surface area contributed by atoms with Crippen molar-refractivity contribution in [1.29, 1.82) is 0 Å². The highest BCUT2D eigenvalue weighted by atomic mass is 32.2. The molecule has 10 heteroatoms. The lowest BCUT2D eigenvalue weighted by Crippen LogP contribution is -2.43. The first kappa shape index (κ1) is 24.8. The number of nitrogens with two attached hydrogens (primary N) is 1. The van der Waals surface area contributed by atoms with E-state index in [2.05, 4.69) is 15.3 Å². The number of aromatic hydroxyl groups is 1. The van der Waals surface area contributed by atoms with Crippen molar-refractivity contribution in [2.75, 3.05) is 12.8 Å². The van der Waals surface area contributed by atoms with Crippen LogP contribution < -0.4 is 16.6 Å². The maximum atomic E-state index is 12.9. The molecule has 0 unspecified atom stereocenters. The van der Waals surface area contributed by atoms with E-state index in [4.69, 9.17) is 10.5 Å². The van der Waals surface area contributed by atoms with Gasteiger partial charge in [-0.3, -0.25) is 14.6 Å². The number of carbonyl (C=O) groups is 2. The number of benzene rings is 3. The van der Waals surface area contributed by atoms with Crippen molar-refractivity contribution in [1.82, 2.24) is 15.3 Å². The summed E-state index contributed by atoms with van der Waals surface area (Å²) in [7, 11) is 1.26. The largest absolute Gasteiger partial charge is 0.508 e. The summed E-state index contributed by atoms with van der Waals surface area (Å²) in [6.45, 7) is 1.90. The van der Waals surface area contributed by atoms with Crippen molar-refractivity contribution in [3.63, 3.8) is 0 Å². The molecule has 5 N–H and O–H groups in total. The van der Waals surface area contributed by atoms with Gasteiger partial charge >= 0.3 is 5.97 Å². The van der Waals surface area contributed by atoms with Gasteiger partial charge < -0.3 is 20.9 Å². The van der Waals surface area contributed by atoms with E-state index >= 15 is 0 Å². The number of aromatic amines is 1. The van der Waals surface area contributed by atoms with Crippen LogP contribution >= 0.6 is 11.8 Å². The molecule has 0 aliphatic heterocycles. The van der Waals surface area contributed by atoms with Crippen LogP contribution in [-0.2, 0) is 16.0 Å². The number of aryl methyl sites for hydroxylation is 1. The number of phenols is 1. The number of rotatable bonds is 7. The Labute approximate surface area is 210 Å². The van der Waals surface area contributed by atoms with Gasteiger partial charge in [0.2, 0.25) is 5.95 Å². The van der Waals surface area contributed by atoms with Crippen molar-refractivity contribution in [2.24, 2.45) is 0 Å². The van der Waals surface area contributed by atoms with Crippen LogP contribution in [-0.4, -0.2) is 40.1 Å².